The third kappa shape index (κ3) is 3.47. The molecule has 0 aliphatic carbocycles. The summed E-state index contributed by atoms with van der Waals surface area (Å²) < 4.78 is 0. The summed E-state index contributed by atoms with van der Waals surface area (Å²) in [5, 5.41) is 12.6. The molecule has 1 aliphatic heterocycles. The first-order valence-corrected chi connectivity index (χ1v) is 5.83. The number of unbranched alkanes of at least 4 members (excludes halogenated alkanes) is 2. The number of carbonyl (C=O) groups excluding carboxylic acids is 1. The van der Waals surface area contributed by atoms with Crippen LogP contribution >= 0.6 is 0 Å². The predicted molar refractivity (Wildman–Crippen MR) is 59.6 cm³/mol. The molecule has 0 spiro atoms. The van der Waals surface area contributed by atoms with Gasteiger partial charge in [-0.25, -0.2) is 0 Å². The Kier molecular flexibility index (Phi) is 5.05. The molecule has 0 aromatic heterocycles. The van der Waals surface area contributed by atoms with Gasteiger partial charge in [0.1, 0.15) is 6.04 Å². The minimum absolute atomic E-state index is 0.0242. The third-order valence-electron chi connectivity index (χ3n) is 2.93. The molecule has 1 heterocycles. The summed E-state index contributed by atoms with van der Waals surface area (Å²) in [5.41, 5.74) is 0. The molecule has 15 heavy (non-hydrogen) atoms. The molecule has 1 fully saturated rings. The van der Waals surface area contributed by atoms with Crippen LogP contribution in [0.5, 0.6) is 0 Å². The van der Waals surface area contributed by atoms with E-state index in [2.05, 4.69) is 12.2 Å². The van der Waals surface area contributed by atoms with Gasteiger partial charge >= 0.3 is 0 Å². The van der Waals surface area contributed by atoms with Crippen LogP contribution in [0.15, 0.2) is 0 Å². The van der Waals surface area contributed by atoms with Crippen molar-refractivity contribution in [2.75, 3.05) is 20.1 Å². The number of aliphatic hydroxyl groups excluding tert-OH is 1. The Morgan fingerprint density at radius 2 is 2.27 bits per heavy atom. The summed E-state index contributed by atoms with van der Waals surface area (Å²) in [6.07, 6.45) is 3.52. The highest BCUT2D eigenvalue weighted by Crippen LogP contribution is 2.09. The van der Waals surface area contributed by atoms with Crippen molar-refractivity contribution in [2.24, 2.45) is 0 Å². The Labute approximate surface area is 91.6 Å². The quantitative estimate of drug-likeness (QED) is 0.650. The molecule has 88 valence electrons. The highest BCUT2D eigenvalue weighted by Gasteiger charge is 2.32. The lowest BCUT2D eigenvalue weighted by Crippen LogP contribution is -2.46. The second-order valence-electron chi connectivity index (χ2n) is 4.25. The van der Waals surface area contributed by atoms with Crippen LogP contribution in [0.25, 0.3) is 0 Å². The number of nitrogens with zero attached hydrogens (tertiary/aromatic N) is 1. The molecule has 0 saturated carbocycles. The van der Waals surface area contributed by atoms with E-state index in [1.54, 1.807) is 4.90 Å². The van der Waals surface area contributed by atoms with Gasteiger partial charge in [-0.1, -0.05) is 19.8 Å². The van der Waals surface area contributed by atoms with E-state index in [4.69, 9.17) is 0 Å². The van der Waals surface area contributed by atoms with E-state index in [0.717, 1.165) is 32.4 Å². The maximum absolute atomic E-state index is 11.9. The van der Waals surface area contributed by atoms with Crippen molar-refractivity contribution in [1.82, 2.24) is 10.2 Å². The molecule has 0 radical (unpaired) electrons. The molecule has 1 unspecified atom stereocenters. The van der Waals surface area contributed by atoms with Crippen molar-refractivity contribution in [3.63, 3.8) is 0 Å². The van der Waals surface area contributed by atoms with Gasteiger partial charge in [-0.05, 0) is 19.4 Å². The van der Waals surface area contributed by atoms with Crippen molar-refractivity contribution in [2.45, 2.75) is 44.8 Å². The van der Waals surface area contributed by atoms with Crippen LogP contribution in [-0.4, -0.2) is 48.2 Å². The van der Waals surface area contributed by atoms with Crippen LogP contribution in [0.4, 0.5) is 0 Å². The molecule has 4 nitrogen and oxygen atoms in total. The van der Waals surface area contributed by atoms with E-state index in [9.17, 15) is 9.90 Å². The van der Waals surface area contributed by atoms with E-state index >= 15 is 0 Å². The average Bonchev–Trinajstić information content (AvgIpc) is 2.63. The number of likely N-dealkylation sites (N-methyl/N-ethyl adjacent to an activating group) is 1. The monoisotopic (exact) mass is 214 g/mol. The van der Waals surface area contributed by atoms with Gasteiger partial charge in [0, 0.05) is 13.6 Å². The summed E-state index contributed by atoms with van der Waals surface area (Å²) in [4.78, 5) is 13.6. The van der Waals surface area contributed by atoms with Crippen LogP contribution in [0, 0.1) is 0 Å². The fourth-order valence-corrected chi connectivity index (χ4v) is 1.89. The van der Waals surface area contributed by atoms with E-state index < -0.39 is 6.10 Å². The van der Waals surface area contributed by atoms with E-state index in [1.807, 2.05) is 7.05 Å². The number of hydrogen-bond acceptors (Lipinski definition) is 3. The lowest BCUT2D eigenvalue weighted by molar-refractivity contribution is -0.133. The van der Waals surface area contributed by atoms with Crippen LogP contribution in [-0.2, 0) is 4.79 Å². The Bertz CT molecular complexity index is 209. The second-order valence-corrected chi connectivity index (χ2v) is 4.25. The van der Waals surface area contributed by atoms with Gasteiger partial charge in [0.2, 0.25) is 5.91 Å². The molecule has 2 atom stereocenters. The van der Waals surface area contributed by atoms with Gasteiger partial charge in [0.05, 0.1) is 6.10 Å². The van der Waals surface area contributed by atoms with Crippen molar-refractivity contribution in [1.29, 1.82) is 0 Å². The second kappa shape index (κ2) is 6.08. The Morgan fingerprint density at radius 3 is 2.80 bits per heavy atom. The predicted octanol–water partition coefficient (Wildman–Crippen LogP) is 0.358. The summed E-state index contributed by atoms with van der Waals surface area (Å²) in [5.74, 6) is 0.0242. The van der Waals surface area contributed by atoms with Crippen LogP contribution in [0.3, 0.4) is 0 Å². The van der Waals surface area contributed by atoms with Gasteiger partial charge < -0.3 is 15.3 Å². The zero-order valence-corrected chi connectivity index (χ0v) is 9.70. The molecule has 0 bridgehead atoms. The summed E-state index contributed by atoms with van der Waals surface area (Å²) in [7, 11) is 1.81. The first-order chi connectivity index (χ1) is 7.16. The van der Waals surface area contributed by atoms with Crippen molar-refractivity contribution < 1.29 is 9.90 Å². The third-order valence-corrected chi connectivity index (χ3v) is 2.93. The summed E-state index contributed by atoms with van der Waals surface area (Å²) in [6, 6.07) is -0.378. The largest absolute Gasteiger partial charge is 0.391 e. The minimum Gasteiger partial charge on any atom is -0.391 e. The molecule has 1 aliphatic rings. The minimum atomic E-state index is -0.508. The molecule has 2 N–H and O–H groups in total. The van der Waals surface area contributed by atoms with Crippen LogP contribution in [0.2, 0.25) is 0 Å². The molecule has 0 aromatic carbocycles. The average molecular weight is 214 g/mol. The number of aliphatic hydroxyl groups is 1. The number of hydrogen-bond donors (Lipinski definition) is 2. The summed E-state index contributed by atoms with van der Waals surface area (Å²) >= 11 is 0. The topological polar surface area (TPSA) is 52.6 Å². The first kappa shape index (κ1) is 12.5. The van der Waals surface area contributed by atoms with Gasteiger partial charge in [0.15, 0.2) is 0 Å². The van der Waals surface area contributed by atoms with Crippen LogP contribution < -0.4 is 5.32 Å². The molecular weight excluding hydrogens is 192 g/mol. The normalized spacial score (nSPS) is 25.5. The zero-order valence-electron chi connectivity index (χ0n) is 9.70. The van der Waals surface area contributed by atoms with E-state index in [0.29, 0.717) is 6.42 Å². The number of nitrogens with one attached hydrogen (secondary N) is 1. The standard InChI is InChI=1S/C11H22N2O2/c1-3-4-5-8-13(2)11(15)10-9(14)6-7-12-10/h9-10,12,14H,3-8H2,1-2H3/t9?,10-/m0/s1. The Balaban J connectivity index is 2.31. The zero-order chi connectivity index (χ0) is 11.3. The number of rotatable bonds is 5. The maximum atomic E-state index is 11.9. The molecule has 1 saturated heterocycles. The van der Waals surface area contributed by atoms with Gasteiger partial charge in [-0.15, -0.1) is 0 Å². The van der Waals surface area contributed by atoms with Crippen molar-refractivity contribution in [3.8, 4) is 0 Å². The molecule has 0 aromatic rings. The number of carbonyl (C=O) groups is 1. The summed E-state index contributed by atoms with van der Waals surface area (Å²) in [6.45, 7) is 3.67. The van der Waals surface area contributed by atoms with Gasteiger partial charge in [0.25, 0.3) is 0 Å². The maximum Gasteiger partial charge on any atom is 0.242 e. The van der Waals surface area contributed by atoms with Crippen molar-refractivity contribution >= 4 is 5.91 Å². The first-order valence-electron chi connectivity index (χ1n) is 5.83. The molecule has 1 rings (SSSR count). The lowest BCUT2D eigenvalue weighted by Gasteiger charge is -2.22. The van der Waals surface area contributed by atoms with E-state index in [1.165, 1.54) is 0 Å². The fourth-order valence-electron chi connectivity index (χ4n) is 1.89. The highest BCUT2D eigenvalue weighted by atomic mass is 16.3. The Hall–Kier alpha value is -0.610. The fraction of sp³-hybridized carbons (Fsp3) is 0.909. The molecule has 1 amide bonds. The molecule has 4 heteroatoms. The van der Waals surface area contributed by atoms with Gasteiger partial charge in [-0.3, -0.25) is 4.79 Å². The molecular formula is C11H22N2O2. The Morgan fingerprint density at radius 1 is 1.53 bits per heavy atom. The lowest BCUT2D eigenvalue weighted by atomic mass is 10.1. The highest BCUT2D eigenvalue weighted by molar-refractivity contribution is 5.82. The van der Waals surface area contributed by atoms with Gasteiger partial charge in [-0.2, -0.15) is 0 Å². The SMILES string of the molecule is CCCCCN(C)C(=O)[C@H]1NCCC1O. The van der Waals surface area contributed by atoms with Crippen molar-refractivity contribution in [3.05, 3.63) is 0 Å². The van der Waals surface area contributed by atoms with E-state index in [-0.39, 0.29) is 11.9 Å². The van der Waals surface area contributed by atoms with Crippen LogP contribution in [0.1, 0.15) is 32.6 Å². The number of amides is 1. The smallest absolute Gasteiger partial charge is 0.242 e.